The number of nitrogens with two attached hydrogens (primary N) is 1. The topological polar surface area (TPSA) is 79.2 Å². The first-order chi connectivity index (χ1) is 18.6. The van der Waals surface area contributed by atoms with Crippen LogP contribution in [0.4, 0.5) is 17.6 Å². The van der Waals surface area contributed by atoms with E-state index in [2.05, 4.69) is 0 Å². The Morgan fingerprint density at radius 2 is 1.72 bits per heavy atom. The molecule has 0 saturated carbocycles. The van der Waals surface area contributed by atoms with Gasteiger partial charge in [0.1, 0.15) is 0 Å². The first-order valence-corrected chi connectivity index (χ1v) is 12.9. The number of benzene rings is 3. The van der Waals surface area contributed by atoms with Gasteiger partial charge in [0.2, 0.25) is 0 Å². The molecule has 11 heteroatoms. The zero-order valence-electron chi connectivity index (χ0n) is 20.6. The van der Waals surface area contributed by atoms with Crippen molar-refractivity contribution in [1.82, 2.24) is 9.13 Å². The number of methoxy groups -OCH3 is 1. The van der Waals surface area contributed by atoms with Crippen molar-refractivity contribution >= 4 is 11.8 Å². The number of halogens is 4. The molecule has 0 fully saturated rings. The Balaban J connectivity index is 1.78. The number of fused-ring (bicyclic) bond motifs is 1. The molecular formula is C28H23F4N3O3S. The smallest absolute Gasteiger partial charge is 0.416 e. The number of alkyl halides is 3. The summed E-state index contributed by atoms with van der Waals surface area (Å²) in [5.74, 6) is -0.904. The molecule has 2 unspecified atom stereocenters. The molecule has 1 aliphatic rings. The third-order valence-electron chi connectivity index (χ3n) is 6.70. The number of aromatic nitrogens is 2. The molecule has 2 N–H and O–H groups in total. The van der Waals surface area contributed by atoms with Gasteiger partial charge >= 0.3 is 11.9 Å². The van der Waals surface area contributed by atoms with Crippen LogP contribution in [0.2, 0.25) is 0 Å². The van der Waals surface area contributed by atoms with Crippen LogP contribution in [0.15, 0.2) is 87.4 Å². The zero-order chi connectivity index (χ0) is 27.9. The van der Waals surface area contributed by atoms with E-state index in [1.807, 2.05) is 0 Å². The van der Waals surface area contributed by atoms with Crippen molar-refractivity contribution in [3.63, 3.8) is 0 Å². The maximum absolute atomic E-state index is 15.5. The maximum Gasteiger partial charge on any atom is 0.416 e. The van der Waals surface area contributed by atoms with E-state index in [4.69, 9.17) is 10.5 Å². The van der Waals surface area contributed by atoms with Gasteiger partial charge in [-0.05, 0) is 23.3 Å². The maximum atomic E-state index is 15.5. The molecule has 6 nitrogen and oxygen atoms in total. The van der Waals surface area contributed by atoms with Crippen LogP contribution >= 0.6 is 11.8 Å². The number of hydrogen-bond acceptors (Lipinski definition) is 5. The lowest BCUT2D eigenvalue weighted by molar-refractivity contribution is -0.138. The second-order valence-corrected chi connectivity index (χ2v) is 10.0. The third-order valence-corrected chi connectivity index (χ3v) is 7.86. The summed E-state index contributed by atoms with van der Waals surface area (Å²) in [5, 5.41) is 0.0867. The van der Waals surface area contributed by atoms with Crippen LogP contribution in [-0.2, 0) is 12.7 Å². The molecule has 0 saturated heterocycles. The van der Waals surface area contributed by atoms with Crippen LogP contribution in [-0.4, -0.2) is 22.0 Å². The quantitative estimate of drug-likeness (QED) is 0.259. The highest BCUT2D eigenvalue weighted by molar-refractivity contribution is 7.99. The monoisotopic (exact) mass is 557 g/mol. The van der Waals surface area contributed by atoms with E-state index in [-0.39, 0.29) is 39.8 Å². The van der Waals surface area contributed by atoms with E-state index in [0.29, 0.717) is 5.56 Å². The highest BCUT2D eigenvalue weighted by Crippen LogP contribution is 2.44. The Kier molecular flexibility index (Phi) is 7.13. The van der Waals surface area contributed by atoms with Crippen LogP contribution in [0.25, 0.3) is 11.1 Å². The van der Waals surface area contributed by atoms with Gasteiger partial charge in [-0.25, -0.2) is 9.18 Å². The fourth-order valence-corrected chi connectivity index (χ4v) is 6.16. The molecule has 202 valence electrons. The summed E-state index contributed by atoms with van der Waals surface area (Å²) in [6.45, 7) is -0.265. The van der Waals surface area contributed by atoms with Gasteiger partial charge in [0, 0.05) is 17.4 Å². The molecule has 0 aliphatic carbocycles. The highest BCUT2D eigenvalue weighted by atomic mass is 32.2. The Morgan fingerprint density at radius 3 is 2.41 bits per heavy atom. The Labute approximate surface area is 224 Å². The molecule has 39 heavy (non-hydrogen) atoms. The predicted octanol–water partition coefficient (Wildman–Crippen LogP) is 5.24. The van der Waals surface area contributed by atoms with Crippen molar-refractivity contribution in [2.75, 3.05) is 12.9 Å². The van der Waals surface area contributed by atoms with E-state index in [1.54, 1.807) is 30.3 Å². The fourth-order valence-electron chi connectivity index (χ4n) is 4.83. The predicted molar refractivity (Wildman–Crippen MR) is 141 cm³/mol. The second-order valence-electron chi connectivity index (χ2n) is 9.00. The zero-order valence-corrected chi connectivity index (χ0v) is 21.4. The number of ether oxygens (including phenoxy) is 1. The minimum atomic E-state index is -4.67. The summed E-state index contributed by atoms with van der Waals surface area (Å²) in [6.07, 6.45) is -4.67. The van der Waals surface area contributed by atoms with Gasteiger partial charge in [0.25, 0.3) is 5.56 Å². The van der Waals surface area contributed by atoms with E-state index in [1.165, 1.54) is 43.5 Å². The van der Waals surface area contributed by atoms with Crippen molar-refractivity contribution in [1.29, 1.82) is 0 Å². The Hall–Kier alpha value is -3.83. The molecule has 3 aromatic carbocycles. The normalized spacial score (nSPS) is 15.7. The van der Waals surface area contributed by atoms with Crippen LogP contribution in [0.1, 0.15) is 28.8 Å². The lowest BCUT2D eigenvalue weighted by atomic mass is 10.00. The fraction of sp³-hybridized carbons (Fsp3) is 0.214. The van der Waals surface area contributed by atoms with E-state index < -0.39 is 40.9 Å². The number of rotatable bonds is 6. The first-order valence-electron chi connectivity index (χ1n) is 11.9. The minimum Gasteiger partial charge on any atom is -0.494 e. The molecule has 0 spiro atoms. The molecule has 1 aromatic heterocycles. The highest BCUT2D eigenvalue weighted by Gasteiger charge is 2.39. The van der Waals surface area contributed by atoms with Gasteiger partial charge in [-0.15, -0.1) is 11.8 Å². The summed E-state index contributed by atoms with van der Waals surface area (Å²) in [6, 6.07) is 16.2. The molecule has 0 radical (unpaired) electrons. The van der Waals surface area contributed by atoms with Crippen molar-refractivity contribution in [2.24, 2.45) is 5.73 Å². The minimum absolute atomic E-state index is 0.0368. The largest absolute Gasteiger partial charge is 0.494 e. The van der Waals surface area contributed by atoms with Gasteiger partial charge in [0.05, 0.1) is 35.8 Å². The molecule has 5 rings (SSSR count). The summed E-state index contributed by atoms with van der Waals surface area (Å²) in [5.41, 5.74) is 4.12. The summed E-state index contributed by atoms with van der Waals surface area (Å²) in [4.78, 5) is 27.7. The molecule has 4 aromatic rings. The van der Waals surface area contributed by atoms with Crippen LogP contribution < -0.4 is 21.7 Å². The number of thioether (sulfide) groups is 1. The van der Waals surface area contributed by atoms with Crippen molar-refractivity contribution < 1.29 is 22.3 Å². The van der Waals surface area contributed by atoms with E-state index in [0.717, 1.165) is 27.0 Å². The van der Waals surface area contributed by atoms with Crippen LogP contribution in [0, 0.1) is 5.82 Å². The van der Waals surface area contributed by atoms with Crippen molar-refractivity contribution in [3.8, 4) is 16.9 Å². The average molecular weight is 558 g/mol. The number of hydrogen-bond donors (Lipinski definition) is 1. The molecular weight excluding hydrogens is 534 g/mol. The van der Waals surface area contributed by atoms with Crippen molar-refractivity contribution in [3.05, 3.63) is 116 Å². The molecule has 0 bridgehead atoms. The Morgan fingerprint density at radius 1 is 1.03 bits per heavy atom. The van der Waals surface area contributed by atoms with Gasteiger partial charge in [-0.3, -0.25) is 13.9 Å². The first kappa shape index (κ1) is 26.8. The average Bonchev–Trinajstić information content (AvgIpc) is 3.37. The summed E-state index contributed by atoms with van der Waals surface area (Å²) < 4.78 is 64.4. The number of nitrogens with zero attached hydrogens (tertiary/aromatic N) is 2. The van der Waals surface area contributed by atoms with Gasteiger partial charge in [-0.2, -0.15) is 13.2 Å². The molecule has 2 heterocycles. The lowest BCUT2D eigenvalue weighted by Gasteiger charge is -2.22. The molecule has 2 atom stereocenters. The third kappa shape index (κ3) is 4.76. The lowest BCUT2D eigenvalue weighted by Crippen LogP contribution is -2.44. The van der Waals surface area contributed by atoms with Crippen LogP contribution in [0.3, 0.4) is 0 Å². The van der Waals surface area contributed by atoms with Crippen LogP contribution in [0.5, 0.6) is 5.75 Å². The molecule has 0 amide bonds. The molecule has 1 aliphatic heterocycles. The summed E-state index contributed by atoms with van der Waals surface area (Å²) in [7, 11) is 1.28. The summed E-state index contributed by atoms with van der Waals surface area (Å²) >= 11 is 1.03. The second kappa shape index (κ2) is 10.4. The SMILES string of the molecule is COc1cccc(-c2c3n(c(=O)n(CC(N)c4ccccc4)c2=O)C(c2ccccc2C(F)(F)F)CS3)c1F. The van der Waals surface area contributed by atoms with Crippen molar-refractivity contribution in [2.45, 2.75) is 29.8 Å². The van der Waals surface area contributed by atoms with E-state index in [9.17, 15) is 22.8 Å². The van der Waals surface area contributed by atoms with Gasteiger partial charge in [-0.1, -0.05) is 60.7 Å². The van der Waals surface area contributed by atoms with E-state index >= 15 is 4.39 Å². The van der Waals surface area contributed by atoms with Gasteiger partial charge < -0.3 is 10.5 Å². The Bertz CT molecular complexity index is 1650. The van der Waals surface area contributed by atoms with Gasteiger partial charge in [0.15, 0.2) is 11.6 Å². The standard InChI is InChI=1S/C28H23F4N3O3S/c1-38-22-13-7-11-18(24(22)29)23-25(36)34(14-20(33)16-8-3-2-4-9-16)27(37)35-21(15-39-26(23)35)17-10-5-6-12-19(17)28(30,31)32/h2-13,20-21H,14-15,33H2,1H3.